The van der Waals surface area contributed by atoms with Gasteiger partial charge in [-0.1, -0.05) is 31.5 Å². The van der Waals surface area contributed by atoms with Crippen LogP contribution in [-0.4, -0.2) is 9.97 Å². The summed E-state index contributed by atoms with van der Waals surface area (Å²) in [7, 11) is 0. The minimum Gasteiger partial charge on any atom is -0.309 e. The number of aromatic amines is 1. The fourth-order valence-electron chi connectivity index (χ4n) is 1.76. The van der Waals surface area contributed by atoms with E-state index in [0.29, 0.717) is 16.0 Å². The maximum Gasteiger partial charge on any atom is 0.265 e. The monoisotopic (exact) mass is 352 g/mol. The van der Waals surface area contributed by atoms with Gasteiger partial charge in [-0.2, -0.15) is 0 Å². The van der Waals surface area contributed by atoms with Crippen molar-refractivity contribution in [3.63, 3.8) is 0 Å². The van der Waals surface area contributed by atoms with Crippen molar-refractivity contribution in [2.24, 2.45) is 0 Å². The van der Waals surface area contributed by atoms with Gasteiger partial charge in [0.05, 0.1) is 11.4 Å². The molecule has 20 heavy (non-hydrogen) atoms. The number of nitrogens with zero attached hydrogens (tertiary/aromatic N) is 1. The maximum atomic E-state index is 11.9. The number of H-pyrrole nitrogens is 1. The Hall–Kier alpha value is -1.07. The van der Waals surface area contributed by atoms with Gasteiger partial charge in [0.2, 0.25) is 0 Å². The van der Waals surface area contributed by atoms with Crippen LogP contribution in [0.4, 0.5) is 0 Å². The summed E-state index contributed by atoms with van der Waals surface area (Å²) < 4.78 is 0.539. The molecule has 2 aromatic rings. The molecule has 106 valence electrons. The smallest absolute Gasteiger partial charge is 0.265 e. The summed E-state index contributed by atoms with van der Waals surface area (Å²) in [4.78, 5) is 20.4. The Kier molecular flexibility index (Phi) is 5.05. The number of nitrogens with one attached hydrogen (secondary N) is 1. The summed E-state index contributed by atoms with van der Waals surface area (Å²) in [5.74, 6) is 1.59. The molecule has 5 heteroatoms. The summed E-state index contributed by atoms with van der Waals surface area (Å²) in [5, 5.41) is 0. The summed E-state index contributed by atoms with van der Waals surface area (Å²) >= 11 is 4.98. The van der Waals surface area contributed by atoms with E-state index in [1.165, 1.54) is 10.5 Å². The van der Waals surface area contributed by atoms with Gasteiger partial charge >= 0.3 is 0 Å². The average Bonchev–Trinajstić information content (AvgIpc) is 2.41. The Morgan fingerprint density at radius 1 is 1.30 bits per heavy atom. The summed E-state index contributed by atoms with van der Waals surface area (Å²) in [6, 6.07) is 8.33. The summed E-state index contributed by atoms with van der Waals surface area (Å²) in [5.41, 5.74) is 1.95. The lowest BCUT2D eigenvalue weighted by molar-refractivity contribution is 0.784. The zero-order valence-electron chi connectivity index (χ0n) is 11.7. The molecule has 0 saturated carbocycles. The first-order valence-corrected chi connectivity index (χ1v) is 8.23. The van der Waals surface area contributed by atoms with E-state index >= 15 is 0 Å². The average molecular weight is 353 g/mol. The van der Waals surface area contributed by atoms with Crippen LogP contribution in [0.3, 0.4) is 0 Å². The third-order valence-electron chi connectivity index (χ3n) is 2.88. The SMILES string of the molecule is Cc1ccc(SCc2nc(C(C)C)c(Br)c(=O)[nH]2)cc1. The fourth-order valence-corrected chi connectivity index (χ4v) is 3.18. The molecule has 0 aliphatic heterocycles. The van der Waals surface area contributed by atoms with Crippen molar-refractivity contribution in [1.82, 2.24) is 9.97 Å². The van der Waals surface area contributed by atoms with Crippen LogP contribution in [0, 0.1) is 6.92 Å². The number of hydrogen-bond acceptors (Lipinski definition) is 3. The highest BCUT2D eigenvalue weighted by Gasteiger charge is 2.12. The molecular formula is C15H17BrN2OS. The quantitative estimate of drug-likeness (QED) is 0.836. The van der Waals surface area contributed by atoms with Crippen LogP contribution in [0.1, 0.15) is 36.8 Å². The van der Waals surface area contributed by atoms with Crippen molar-refractivity contribution in [1.29, 1.82) is 0 Å². The molecule has 0 atom stereocenters. The lowest BCUT2D eigenvalue weighted by Gasteiger charge is -2.09. The second-order valence-electron chi connectivity index (χ2n) is 4.97. The molecule has 0 saturated heterocycles. The zero-order chi connectivity index (χ0) is 14.7. The molecule has 0 spiro atoms. The van der Waals surface area contributed by atoms with E-state index in [1.54, 1.807) is 11.8 Å². The van der Waals surface area contributed by atoms with E-state index in [-0.39, 0.29) is 11.5 Å². The molecule has 0 amide bonds. The maximum absolute atomic E-state index is 11.9. The third kappa shape index (κ3) is 3.73. The van der Waals surface area contributed by atoms with E-state index in [1.807, 2.05) is 13.8 Å². The van der Waals surface area contributed by atoms with Crippen molar-refractivity contribution in [2.45, 2.75) is 37.3 Å². The number of thioether (sulfide) groups is 1. The van der Waals surface area contributed by atoms with Gasteiger partial charge in [-0.25, -0.2) is 4.98 Å². The van der Waals surface area contributed by atoms with Crippen LogP contribution in [0.25, 0.3) is 0 Å². The molecule has 1 N–H and O–H groups in total. The zero-order valence-corrected chi connectivity index (χ0v) is 14.1. The van der Waals surface area contributed by atoms with Crippen LogP contribution in [-0.2, 0) is 5.75 Å². The van der Waals surface area contributed by atoms with Crippen LogP contribution < -0.4 is 5.56 Å². The standard InChI is InChI=1S/C15H17BrN2OS/c1-9(2)14-13(16)15(19)18-12(17-14)8-20-11-6-4-10(3)5-7-11/h4-7,9H,8H2,1-3H3,(H,17,18,19). The largest absolute Gasteiger partial charge is 0.309 e. The predicted octanol–water partition coefficient (Wildman–Crippen LogP) is 4.26. The van der Waals surface area contributed by atoms with E-state index in [9.17, 15) is 4.79 Å². The predicted molar refractivity (Wildman–Crippen MR) is 87.4 cm³/mol. The minimum atomic E-state index is -0.108. The van der Waals surface area contributed by atoms with Gasteiger partial charge in [0.1, 0.15) is 10.3 Å². The van der Waals surface area contributed by atoms with Crippen LogP contribution in [0.2, 0.25) is 0 Å². The molecule has 2 rings (SSSR count). The Balaban J connectivity index is 2.17. The Bertz CT molecular complexity index is 650. The number of benzene rings is 1. The summed E-state index contributed by atoms with van der Waals surface area (Å²) in [6.07, 6.45) is 0. The first-order chi connectivity index (χ1) is 9.47. The highest BCUT2D eigenvalue weighted by atomic mass is 79.9. The van der Waals surface area contributed by atoms with Crippen LogP contribution >= 0.6 is 27.7 Å². The van der Waals surface area contributed by atoms with Crippen molar-refractivity contribution in [2.75, 3.05) is 0 Å². The molecule has 0 fully saturated rings. The second-order valence-corrected chi connectivity index (χ2v) is 6.81. The van der Waals surface area contributed by atoms with E-state index in [2.05, 4.69) is 57.1 Å². The first-order valence-electron chi connectivity index (χ1n) is 6.45. The topological polar surface area (TPSA) is 45.8 Å². The molecule has 0 aliphatic carbocycles. The van der Waals surface area contributed by atoms with Crippen molar-refractivity contribution >= 4 is 27.7 Å². The minimum absolute atomic E-state index is 0.108. The van der Waals surface area contributed by atoms with Gasteiger partial charge < -0.3 is 4.98 Å². The van der Waals surface area contributed by atoms with Gasteiger partial charge in [0.25, 0.3) is 5.56 Å². The number of halogens is 1. The second kappa shape index (κ2) is 6.59. The summed E-state index contributed by atoms with van der Waals surface area (Å²) in [6.45, 7) is 6.13. The molecule has 1 heterocycles. The molecule has 1 aromatic heterocycles. The van der Waals surface area contributed by atoms with Crippen molar-refractivity contribution in [3.8, 4) is 0 Å². The molecule has 1 aromatic carbocycles. The third-order valence-corrected chi connectivity index (χ3v) is 4.67. The normalized spacial score (nSPS) is 11.1. The molecule has 0 bridgehead atoms. The Morgan fingerprint density at radius 3 is 2.55 bits per heavy atom. The van der Waals surface area contributed by atoms with Crippen molar-refractivity contribution in [3.05, 3.63) is 56.2 Å². The van der Waals surface area contributed by atoms with Gasteiger partial charge in [0, 0.05) is 4.90 Å². The lowest BCUT2D eigenvalue weighted by atomic mass is 10.1. The number of aryl methyl sites for hydroxylation is 1. The highest BCUT2D eigenvalue weighted by molar-refractivity contribution is 9.10. The molecular weight excluding hydrogens is 336 g/mol. The van der Waals surface area contributed by atoms with Gasteiger partial charge in [-0.15, -0.1) is 11.8 Å². The fraction of sp³-hybridized carbons (Fsp3) is 0.333. The number of hydrogen-bond donors (Lipinski definition) is 1. The van der Waals surface area contributed by atoms with Gasteiger partial charge in [0.15, 0.2) is 0 Å². The van der Waals surface area contributed by atoms with Gasteiger partial charge in [-0.3, -0.25) is 4.79 Å². The Morgan fingerprint density at radius 2 is 1.95 bits per heavy atom. The molecule has 0 unspecified atom stereocenters. The van der Waals surface area contributed by atoms with Crippen LogP contribution in [0.15, 0.2) is 38.4 Å². The Labute approximate surface area is 131 Å². The highest BCUT2D eigenvalue weighted by Crippen LogP contribution is 2.23. The van der Waals surface area contributed by atoms with Crippen LogP contribution in [0.5, 0.6) is 0 Å². The first kappa shape index (κ1) is 15.3. The molecule has 0 aliphatic rings. The number of rotatable bonds is 4. The van der Waals surface area contributed by atoms with Crippen molar-refractivity contribution < 1.29 is 0 Å². The lowest BCUT2D eigenvalue weighted by Crippen LogP contribution is -2.16. The molecule has 3 nitrogen and oxygen atoms in total. The van der Waals surface area contributed by atoms with E-state index in [0.717, 1.165) is 5.69 Å². The van der Waals surface area contributed by atoms with E-state index < -0.39 is 0 Å². The molecule has 0 radical (unpaired) electrons. The number of aromatic nitrogens is 2. The van der Waals surface area contributed by atoms with E-state index in [4.69, 9.17) is 0 Å². The van der Waals surface area contributed by atoms with Gasteiger partial charge in [-0.05, 0) is 40.9 Å².